The number of nitrogens with one attached hydrogen (secondary N) is 1. The molecular formula is C20H18ClN3O5S2. The Kier molecular flexibility index (Phi) is 5.54. The van der Waals surface area contributed by atoms with Crippen molar-refractivity contribution < 1.29 is 22.7 Å². The summed E-state index contributed by atoms with van der Waals surface area (Å²) in [7, 11) is -0.758. The van der Waals surface area contributed by atoms with Crippen LogP contribution in [0.3, 0.4) is 0 Å². The Labute approximate surface area is 188 Å². The Morgan fingerprint density at radius 2 is 2.03 bits per heavy atom. The number of methoxy groups -OCH3 is 1. The minimum absolute atomic E-state index is 0.000119. The number of anilines is 2. The van der Waals surface area contributed by atoms with Gasteiger partial charge in [0.25, 0.3) is 15.9 Å². The van der Waals surface area contributed by atoms with E-state index in [2.05, 4.69) is 9.71 Å². The molecule has 0 radical (unpaired) electrons. The predicted molar refractivity (Wildman–Crippen MR) is 120 cm³/mol. The second-order valence-electron chi connectivity index (χ2n) is 6.75. The lowest BCUT2D eigenvalue weighted by atomic mass is 10.1. The number of likely N-dealkylation sites (N-methyl/N-ethyl adjacent to an activating group) is 1. The topological polar surface area (TPSA) is 97.8 Å². The van der Waals surface area contributed by atoms with Gasteiger partial charge in [0.2, 0.25) is 0 Å². The van der Waals surface area contributed by atoms with E-state index in [9.17, 15) is 13.2 Å². The van der Waals surface area contributed by atoms with Crippen molar-refractivity contribution in [1.82, 2.24) is 4.98 Å². The number of thiazole rings is 1. The molecule has 2 aromatic carbocycles. The molecule has 0 bridgehead atoms. The third kappa shape index (κ3) is 4.06. The number of amides is 1. The Bertz CT molecular complexity index is 1290. The van der Waals surface area contributed by atoms with Crippen LogP contribution in [0.15, 0.2) is 41.3 Å². The molecule has 1 aromatic heterocycles. The number of carbonyl (C=O) groups excluding carboxylic acids is 1. The smallest absolute Gasteiger partial charge is 0.264 e. The van der Waals surface area contributed by atoms with E-state index in [4.69, 9.17) is 21.1 Å². The molecule has 0 unspecified atom stereocenters. The summed E-state index contributed by atoms with van der Waals surface area (Å²) in [6.07, 6.45) is 0. The minimum atomic E-state index is -3.89. The Hall–Kier alpha value is -2.82. The molecule has 3 aromatic rings. The zero-order valence-corrected chi connectivity index (χ0v) is 19.2. The lowest BCUT2D eigenvalue weighted by Crippen LogP contribution is -2.35. The van der Waals surface area contributed by atoms with Crippen LogP contribution in [0.4, 0.5) is 10.8 Å². The van der Waals surface area contributed by atoms with Crippen LogP contribution in [0.2, 0.25) is 5.02 Å². The number of nitrogens with zero attached hydrogens (tertiary/aromatic N) is 2. The van der Waals surface area contributed by atoms with E-state index in [0.29, 0.717) is 22.9 Å². The van der Waals surface area contributed by atoms with Gasteiger partial charge in [0.05, 0.1) is 28.4 Å². The van der Waals surface area contributed by atoms with Crippen molar-refractivity contribution in [3.63, 3.8) is 0 Å². The van der Waals surface area contributed by atoms with E-state index in [-0.39, 0.29) is 27.6 Å². The van der Waals surface area contributed by atoms with Crippen molar-refractivity contribution in [2.24, 2.45) is 0 Å². The van der Waals surface area contributed by atoms with Crippen LogP contribution in [0.25, 0.3) is 11.3 Å². The van der Waals surface area contributed by atoms with Crippen LogP contribution in [0.1, 0.15) is 4.88 Å². The Balaban J connectivity index is 1.64. The van der Waals surface area contributed by atoms with Gasteiger partial charge in [-0.3, -0.25) is 9.52 Å². The number of benzene rings is 2. The maximum absolute atomic E-state index is 12.8. The van der Waals surface area contributed by atoms with E-state index in [1.807, 2.05) is 13.0 Å². The summed E-state index contributed by atoms with van der Waals surface area (Å²) in [5.74, 6) is 0.843. The first-order chi connectivity index (χ1) is 14.7. The van der Waals surface area contributed by atoms with Crippen LogP contribution in [-0.4, -0.2) is 40.1 Å². The average Bonchev–Trinajstić information content (AvgIpc) is 3.09. The SMILES string of the molecule is COc1ccc(S(=O)(=O)Nc2nc(-c3ccc4c(c3)N(C)C(=O)CO4)c(C)s2)cc1Cl. The van der Waals surface area contributed by atoms with Gasteiger partial charge in [-0.05, 0) is 43.3 Å². The minimum Gasteiger partial charge on any atom is -0.495 e. The van der Waals surface area contributed by atoms with E-state index >= 15 is 0 Å². The first-order valence-corrected chi connectivity index (χ1v) is 11.7. The van der Waals surface area contributed by atoms with Gasteiger partial charge in [0.1, 0.15) is 11.5 Å². The van der Waals surface area contributed by atoms with E-state index in [1.54, 1.807) is 19.2 Å². The van der Waals surface area contributed by atoms with Crippen molar-refractivity contribution in [2.45, 2.75) is 11.8 Å². The molecule has 8 nitrogen and oxygen atoms in total. The molecule has 1 N–H and O–H groups in total. The quantitative estimate of drug-likeness (QED) is 0.595. The summed E-state index contributed by atoms with van der Waals surface area (Å²) in [6.45, 7) is 1.85. The number of ether oxygens (including phenoxy) is 2. The van der Waals surface area contributed by atoms with Crippen molar-refractivity contribution in [1.29, 1.82) is 0 Å². The maximum atomic E-state index is 12.8. The standard InChI is InChI=1S/C20H18ClN3O5S2/c1-11-19(12-4-6-17-15(8-12)24(2)18(25)10-29-17)22-20(30-11)23-31(26,27)13-5-7-16(28-3)14(21)9-13/h4-9H,10H2,1-3H3,(H,22,23). The predicted octanol–water partition coefficient (Wildman–Crippen LogP) is 3.94. The van der Waals surface area contributed by atoms with Gasteiger partial charge in [0, 0.05) is 17.5 Å². The summed E-state index contributed by atoms with van der Waals surface area (Å²) in [4.78, 5) is 18.7. The Morgan fingerprint density at radius 3 is 2.74 bits per heavy atom. The molecule has 0 saturated heterocycles. The van der Waals surface area contributed by atoms with Crippen molar-refractivity contribution in [3.05, 3.63) is 46.3 Å². The highest BCUT2D eigenvalue weighted by Gasteiger charge is 2.24. The zero-order valence-electron chi connectivity index (χ0n) is 16.8. The highest BCUT2D eigenvalue weighted by molar-refractivity contribution is 7.93. The van der Waals surface area contributed by atoms with Gasteiger partial charge in [0.15, 0.2) is 11.7 Å². The molecule has 0 saturated carbocycles. The summed E-state index contributed by atoms with van der Waals surface area (Å²) < 4.78 is 38.6. The van der Waals surface area contributed by atoms with Crippen LogP contribution >= 0.6 is 22.9 Å². The molecule has 11 heteroatoms. The largest absolute Gasteiger partial charge is 0.495 e. The molecule has 0 aliphatic carbocycles. The number of sulfonamides is 1. The van der Waals surface area contributed by atoms with Crippen molar-refractivity contribution in [3.8, 4) is 22.8 Å². The highest BCUT2D eigenvalue weighted by Crippen LogP contribution is 2.38. The van der Waals surface area contributed by atoms with Crippen LogP contribution in [0, 0.1) is 6.92 Å². The lowest BCUT2D eigenvalue weighted by Gasteiger charge is -2.26. The number of rotatable bonds is 5. The third-order valence-electron chi connectivity index (χ3n) is 4.77. The van der Waals surface area contributed by atoms with Gasteiger partial charge < -0.3 is 14.4 Å². The van der Waals surface area contributed by atoms with Crippen LogP contribution < -0.4 is 19.1 Å². The molecule has 162 valence electrons. The average molecular weight is 480 g/mol. The molecular weight excluding hydrogens is 462 g/mol. The lowest BCUT2D eigenvalue weighted by molar-refractivity contribution is -0.120. The summed E-state index contributed by atoms with van der Waals surface area (Å²) >= 11 is 7.27. The molecule has 0 spiro atoms. The van der Waals surface area contributed by atoms with Crippen molar-refractivity contribution in [2.75, 3.05) is 30.4 Å². The third-order valence-corrected chi connectivity index (χ3v) is 7.42. The van der Waals surface area contributed by atoms with Crippen molar-refractivity contribution >= 4 is 49.7 Å². The van der Waals surface area contributed by atoms with Gasteiger partial charge in [-0.2, -0.15) is 0 Å². The summed E-state index contributed by atoms with van der Waals surface area (Å²) in [5, 5.41) is 0.411. The second kappa shape index (κ2) is 8.03. The Morgan fingerprint density at radius 1 is 1.26 bits per heavy atom. The maximum Gasteiger partial charge on any atom is 0.264 e. The second-order valence-corrected chi connectivity index (χ2v) is 10.0. The normalized spacial score (nSPS) is 13.5. The fraction of sp³-hybridized carbons (Fsp3) is 0.200. The fourth-order valence-corrected chi connectivity index (χ4v) is 5.53. The molecule has 31 heavy (non-hydrogen) atoms. The highest BCUT2D eigenvalue weighted by atomic mass is 35.5. The molecule has 1 amide bonds. The first kappa shape index (κ1) is 21.4. The number of halogens is 1. The van der Waals surface area contributed by atoms with Gasteiger partial charge in [-0.25, -0.2) is 13.4 Å². The zero-order chi connectivity index (χ0) is 22.3. The summed E-state index contributed by atoms with van der Waals surface area (Å²) in [6, 6.07) is 9.62. The number of carbonyl (C=O) groups is 1. The number of fused-ring (bicyclic) bond motifs is 1. The fourth-order valence-electron chi connectivity index (χ4n) is 3.12. The van der Waals surface area contributed by atoms with E-state index in [0.717, 1.165) is 10.4 Å². The van der Waals surface area contributed by atoms with E-state index in [1.165, 1.54) is 41.5 Å². The van der Waals surface area contributed by atoms with Gasteiger partial charge in [-0.15, -0.1) is 11.3 Å². The summed E-state index contributed by atoms with van der Waals surface area (Å²) in [5.41, 5.74) is 2.00. The number of hydrogen-bond acceptors (Lipinski definition) is 7. The van der Waals surface area contributed by atoms with Gasteiger partial charge in [-0.1, -0.05) is 11.6 Å². The van der Waals surface area contributed by atoms with Crippen LogP contribution in [-0.2, 0) is 14.8 Å². The molecule has 1 aliphatic heterocycles. The number of aromatic nitrogens is 1. The molecule has 4 rings (SSSR count). The molecule has 2 heterocycles. The molecule has 0 atom stereocenters. The molecule has 1 aliphatic rings. The van der Waals surface area contributed by atoms with E-state index < -0.39 is 10.0 Å². The monoisotopic (exact) mass is 479 g/mol. The molecule has 0 fully saturated rings. The van der Waals surface area contributed by atoms with Crippen LogP contribution in [0.5, 0.6) is 11.5 Å². The van der Waals surface area contributed by atoms with Gasteiger partial charge >= 0.3 is 0 Å². The number of aryl methyl sites for hydroxylation is 1. The first-order valence-electron chi connectivity index (χ1n) is 9.07. The number of hydrogen-bond donors (Lipinski definition) is 1.